The third kappa shape index (κ3) is 3.95. The lowest BCUT2D eigenvalue weighted by molar-refractivity contribution is 0.837. The van der Waals surface area contributed by atoms with Crippen molar-refractivity contribution in [3.8, 4) is 33.6 Å². The summed E-state index contributed by atoms with van der Waals surface area (Å²) in [5.74, 6) is 1.24. The van der Waals surface area contributed by atoms with Crippen LogP contribution in [-0.2, 0) is 5.41 Å². The molecular weight excluding hydrogens is 707 g/mol. The third-order valence-electron chi connectivity index (χ3n) is 13.1. The summed E-state index contributed by atoms with van der Waals surface area (Å²) < 4.78 is 4.80. The minimum atomic E-state index is -0.410. The van der Waals surface area contributed by atoms with Crippen molar-refractivity contribution in [2.75, 3.05) is 18.5 Å². The number of para-hydroxylation sites is 1. The molecule has 5 heterocycles. The van der Waals surface area contributed by atoms with E-state index in [0.29, 0.717) is 0 Å². The van der Waals surface area contributed by atoms with Gasteiger partial charge in [0.05, 0.1) is 22.0 Å². The number of rotatable bonds is 3. The lowest BCUT2D eigenvalue weighted by Crippen LogP contribution is -2.31. The van der Waals surface area contributed by atoms with Crippen molar-refractivity contribution in [2.24, 2.45) is 0 Å². The highest BCUT2D eigenvalue weighted by Crippen LogP contribution is 2.67. The molecule has 0 fully saturated rings. The number of aromatic nitrogens is 4. The maximum atomic E-state index is 4.40. The van der Waals surface area contributed by atoms with Crippen molar-refractivity contribution in [3.63, 3.8) is 0 Å². The fourth-order valence-corrected chi connectivity index (χ4v) is 10.9. The summed E-state index contributed by atoms with van der Waals surface area (Å²) in [4.78, 5) is 11.3. The second-order valence-corrected chi connectivity index (χ2v) is 15.9. The molecule has 5 nitrogen and oxygen atoms in total. The predicted molar refractivity (Wildman–Crippen MR) is 237 cm³/mol. The Bertz CT molecular complexity index is 3280. The fraction of sp³-hybridized carbons (Fsp3) is 0.0566. The summed E-state index contributed by atoms with van der Waals surface area (Å²) in [6, 6.07) is 58.6. The first-order chi connectivity index (χ1) is 28.7. The van der Waals surface area contributed by atoms with Gasteiger partial charge < -0.3 is 9.47 Å². The number of allylic oxidation sites excluding steroid dienone is 1. The van der Waals surface area contributed by atoms with Gasteiger partial charge in [-0.1, -0.05) is 115 Å². The van der Waals surface area contributed by atoms with Crippen molar-refractivity contribution < 1.29 is 0 Å². The number of hydrogen-bond acceptors (Lipinski definition) is 3. The number of hydrogen-bond donors (Lipinski definition) is 0. The molecule has 1 spiro atoms. The van der Waals surface area contributed by atoms with Gasteiger partial charge >= 0.3 is 0 Å². The Balaban J connectivity index is 0.966. The van der Waals surface area contributed by atoms with Crippen LogP contribution < -0.4 is 4.90 Å². The van der Waals surface area contributed by atoms with E-state index in [2.05, 4.69) is 189 Å². The van der Waals surface area contributed by atoms with Gasteiger partial charge in [-0.05, 0) is 98.1 Å². The molecule has 6 aromatic carbocycles. The second kappa shape index (κ2) is 11.5. The van der Waals surface area contributed by atoms with Crippen LogP contribution in [0.5, 0.6) is 0 Å². The average Bonchev–Trinajstić information content (AvgIpc) is 3.99. The van der Waals surface area contributed by atoms with Crippen LogP contribution in [0, 0.1) is 0 Å². The van der Waals surface area contributed by atoms with Gasteiger partial charge in [-0.25, -0.2) is 0 Å². The minimum Gasteiger partial charge on any atom is -0.356 e. The van der Waals surface area contributed by atoms with Crippen LogP contribution in [-0.4, -0.2) is 32.7 Å². The Hall–Kier alpha value is -7.50. The molecule has 0 unspecified atom stereocenters. The van der Waals surface area contributed by atoms with E-state index in [0.717, 1.165) is 39.7 Å². The largest absolute Gasteiger partial charge is 0.356 e. The number of anilines is 1. The summed E-state index contributed by atoms with van der Waals surface area (Å²) in [5.41, 5.74) is 20.0. The van der Waals surface area contributed by atoms with E-state index in [1.807, 2.05) is 24.8 Å². The molecule has 1 aliphatic heterocycles. The number of fused-ring (bicyclic) bond motifs is 16. The zero-order chi connectivity index (χ0) is 38.1. The highest BCUT2D eigenvalue weighted by atomic mass is 15.2. The van der Waals surface area contributed by atoms with Crippen LogP contribution in [0.4, 0.5) is 5.82 Å². The minimum absolute atomic E-state index is 0.410. The molecule has 2 aliphatic carbocycles. The number of pyridine rings is 2. The fourth-order valence-electron chi connectivity index (χ4n) is 10.9. The molecular formula is C53H35N5. The van der Waals surface area contributed by atoms with Gasteiger partial charge in [0, 0.05) is 71.5 Å². The van der Waals surface area contributed by atoms with Gasteiger partial charge in [0.2, 0.25) is 0 Å². The first-order valence-corrected chi connectivity index (χ1v) is 20.0. The van der Waals surface area contributed by atoms with Crippen molar-refractivity contribution >= 4 is 49.7 Å². The van der Waals surface area contributed by atoms with Gasteiger partial charge in [-0.3, -0.25) is 14.5 Å². The smallest absolute Gasteiger partial charge is 0.122 e. The molecule has 5 heteroatoms. The van der Waals surface area contributed by atoms with Crippen LogP contribution in [0.1, 0.15) is 27.8 Å². The van der Waals surface area contributed by atoms with Crippen molar-refractivity contribution in [1.29, 1.82) is 0 Å². The molecule has 58 heavy (non-hydrogen) atoms. The maximum absolute atomic E-state index is 4.40. The lowest BCUT2D eigenvalue weighted by atomic mass is 9.67. The lowest BCUT2D eigenvalue weighted by Gasteiger charge is -2.36. The molecule has 3 aliphatic rings. The molecule has 0 N–H and O–H groups in total. The molecule has 0 saturated carbocycles. The molecule has 0 radical (unpaired) electrons. The standard InChI is InChI=1S/C53H35N5/c1-56-32-43-39-12-4-8-16-46(39)53(44-14-6-2-10-37(44)38-11-3-7-15-45(38)53)51(43)50-40-13-5-9-17-47(40)58(52(50)56)36-24-20-34(21-25-36)33-18-22-35(23-19-33)57-48-26-28-54-30-41(48)42-31-55-29-27-49(42)57/h2-31H,32H2,1H3. The van der Waals surface area contributed by atoms with E-state index >= 15 is 0 Å². The van der Waals surface area contributed by atoms with Crippen molar-refractivity contribution in [1.82, 2.24) is 19.1 Å². The Kier molecular flexibility index (Phi) is 6.30. The molecule has 13 rings (SSSR count). The molecule has 10 aromatic rings. The Labute approximate surface area is 335 Å². The van der Waals surface area contributed by atoms with Gasteiger partial charge in [0.1, 0.15) is 5.82 Å². The summed E-state index contributed by atoms with van der Waals surface area (Å²) in [7, 11) is 2.27. The van der Waals surface area contributed by atoms with Crippen LogP contribution in [0.3, 0.4) is 0 Å². The number of likely N-dealkylation sites (N-methyl/N-ethyl adjacent to an activating group) is 1. The summed E-state index contributed by atoms with van der Waals surface area (Å²) in [6.07, 6.45) is 7.58. The van der Waals surface area contributed by atoms with Gasteiger partial charge in [-0.15, -0.1) is 0 Å². The monoisotopic (exact) mass is 741 g/mol. The Morgan fingerprint density at radius 1 is 0.466 bits per heavy atom. The van der Waals surface area contributed by atoms with Crippen LogP contribution in [0.2, 0.25) is 0 Å². The molecule has 0 bridgehead atoms. The van der Waals surface area contributed by atoms with Gasteiger partial charge in [0.15, 0.2) is 0 Å². The first-order valence-electron chi connectivity index (χ1n) is 20.0. The van der Waals surface area contributed by atoms with E-state index < -0.39 is 5.41 Å². The molecule has 0 saturated heterocycles. The Morgan fingerprint density at radius 3 is 1.55 bits per heavy atom. The maximum Gasteiger partial charge on any atom is 0.122 e. The second-order valence-electron chi connectivity index (χ2n) is 15.9. The van der Waals surface area contributed by atoms with E-state index in [1.54, 1.807) is 0 Å². The molecule has 0 atom stereocenters. The molecule has 4 aromatic heterocycles. The number of nitrogens with zero attached hydrogens (tertiary/aromatic N) is 5. The van der Waals surface area contributed by atoms with Crippen molar-refractivity contribution in [2.45, 2.75) is 5.41 Å². The molecule has 0 amide bonds. The molecule has 272 valence electrons. The van der Waals surface area contributed by atoms with Crippen LogP contribution in [0.15, 0.2) is 183 Å². The number of benzene rings is 6. The summed E-state index contributed by atoms with van der Waals surface area (Å²) >= 11 is 0. The Morgan fingerprint density at radius 2 is 0.948 bits per heavy atom. The summed E-state index contributed by atoms with van der Waals surface area (Å²) in [6.45, 7) is 0.825. The van der Waals surface area contributed by atoms with Crippen LogP contribution >= 0.6 is 0 Å². The third-order valence-corrected chi connectivity index (χ3v) is 13.1. The van der Waals surface area contributed by atoms with E-state index in [4.69, 9.17) is 0 Å². The van der Waals surface area contributed by atoms with Gasteiger partial charge in [0.25, 0.3) is 0 Å². The quantitative estimate of drug-likeness (QED) is 0.181. The van der Waals surface area contributed by atoms with Crippen LogP contribution in [0.25, 0.3) is 77.5 Å². The SMILES string of the molecule is CN1CC2=C(c3c1n(-c1ccc(-c4ccc(-n5c6ccncc6c6cnccc65)cc4)cc1)c1ccccc31)C1(c3ccccc32)c2ccccc2-c2ccccc21. The topological polar surface area (TPSA) is 38.9 Å². The summed E-state index contributed by atoms with van der Waals surface area (Å²) in [5, 5.41) is 3.49. The van der Waals surface area contributed by atoms with E-state index in [-0.39, 0.29) is 0 Å². The predicted octanol–water partition coefficient (Wildman–Crippen LogP) is 11.9. The first kappa shape index (κ1) is 31.7. The van der Waals surface area contributed by atoms with E-state index in [1.165, 1.54) is 77.9 Å². The van der Waals surface area contributed by atoms with Gasteiger partial charge in [-0.2, -0.15) is 0 Å². The average molecular weight is 742 g/mol. The highest BCUT2D eigenvalue weighted by Gasteiger charge is 2.55. The van der Waals surface area contributed by atoms with E-state index in [9.17, 15) is 0 Å². The highest BCUT2D eigenvalue weighted by molar-refractivity contribution is 6.18. The normalized spacial score (nSPS) is 14.6. The zero-order valence-corrected chi connectivity index (χ0v) is 31.8. The zero-order valence-electron chi connectivity index (χ0n) is 31.8. The van der Waals surface area contributed by atoms with Crippen molar-refractivity contribution in [3.05, 3.63) is 210 Å².